The number of aliphatic hydroxyl groups excluding tert-OH is 1. The average Bonchev–Trinajstić information content (AvgIpc) is 2.35. The summed E-state index contributed by atoms with van der Waals surface area (Å²) in [6, 6.07) is 4.71. The Kier molecular flexibility index (Phi) is 6.02. The summed E-state index contributed by atoms with van der Waals surface area (Å²) < 4.78 is 0. The van der Waals surface area contributed by atoms with Gasteiger partial charge < -0.3 is 10.0 Å². The van der Waals surface area contributed by atoms with Gasteiger partial charge in [0.25, 0.3) is 0 Å². The van der Waals surface area contributed by atoms with Crippen LogP contribution in [0.3, 0.4) is 0 Å². The maximum Gasteiger partial charge on any atom is 0.0589 e. The first-order chi connectivity index (χ1) is 8.88. The van der Waals surface area contributed by atoms with Crippen molar-refractivity contribution in [3.63, 3.8) is 0 Å². The summed E-state index contributed by atoms with van der Waals surface area (Å²) in [4.78, 5) is 2.28. The van der Waals surface area contributed by atoms with Gasteiger partial charge in [-0.15, -0.1) is 0 Å². The van der Waals surface area contributed by atoms with Gasteiger partial charge in [0.15, 0.2) is 0 Å². The topological polar surface area (TPSA) is 23.5 Å². The molecular formula is C17H29NO. The summed E-state index contributed by atoms with van der Waals surface area (Å²) in [5, 5.41) is 9.46. The van der Waals surface area contributed by atoms with Crippen molar-refractivity contribution in [3.8, 4) is 0 Å². The molecule has 0 saturated carbocycles. The molecule has 19 heavy (non-hydrogen) atoms. The van der Waals surface area contributed by atoms with E-state index in [1.807, 2.05) is 0 Å². The van der Waals surface area contributed by atoms with Crippen molar-refractivity contribution in [1.82, 2.24) is 4.90 Å². The van der Waals surface area contributed by atoms with Crippen LogP contribution in [0.1, 0.15) is 36.1 Å². The molecule has 2 nitrogen and oxygen atoms in total. The molecule has 1 rings (SSSR count). The zero-order valence-electron chi connectivity index (χ0n) is 13.3. The zero-order chi connectivity index (χ0) is 14.6. The molecule has 0 aliphatic rings. The number of aryl methyl sites for hydroxylation is 1. The fraction of sp³-hybridized carbons (Fsp3) is 0.647. The Hall–Kier alpha value is -0.860. The maximum atomic E-state index is 9.46. The molecular weight excluding hydrogens is 234 g/mol. The molecule has 0 saturated heterocycles. The highest BCUT2D eigenvalue weighted by molar-refractivity contribution is 5.38. The lowest BCUT2D eigenvalue weighted by atomic mass is 9.96. The van der Waals surface area contributed by atoms with Crippen LogP contribution in [0.2, 0.25) is 0 Å². The summed E-state index contributed by atoms with van der Waals surface area (Å²) in [6.45, 7) is 12.1. The SMILES string of the molecule is Cc1ccc(CCN(C)C(CO)C(C)C)c(C)c1C. The molecule has 0 aliphatic heterocycles. The van der Waals surface area contributed by atoms with Crippen LogP contribution in [0.25, 0.3) is 0 Å². The molecule has 1 unspecified atom stereocenters. The lowest BCUT2D eigenvalue weighted by Gasteiger charge is -2.29. The number of aliphatic hydroxyl groups is 1. The number of nitrogens with zero attached hydrogens (tertiary/aromatic N) is 1. The first-order valence-corrected chi connectivity index (χ1v) is 7.25. The molecule has 0 amide bonds. The summed E-state index contributed by atoms with van der Waals surface area (Å²) in [5.41, 5.74) is 5.61. The molecule has 0 radical (unpaired) electrons. The van der Waals surface area contributed by atoms with E-state index in [9.17, 15) is 5.11 Å². The van der Waals surface area contributed by atoms with E-state index in [4.69, 9.17) is 0 Å². The van der Waals surface area contributed by atoms with E-state index >= 15 is 0 Å². The largest absolute Gasteiger partial charge is 0.395 e. The molecule has 108 valence electrons. The van der Waals surface area contributed by atoms with Gasteiger partial charge in [0.2, 0.25) is 0 Å². The van der Waals surface area contributed by atoms with Crippen molar-refractivity contribution >= 4 is 0 Å². The van der Waals surface area contributed by atoms with Gasteiger partial charge in [-0.2, -0.15) is 0 Å². The molecule has 1 atom stereocenters. The van der Waals surface area contributed by atoms with Crippen LogP contribution >= 0.6 is 0 Å². The Labute approximate surface area is 118 Å². The first-order valence-electron chi connectivity index (χ1n) is 7.25. The van der Waals surface area contributed by atoms with Crippen LogP contribution in [-0.2, 0) is 6.42 Å². The summed E-state index contributed by atoms with van der Waals surface area (Å²) in [5.74, 6) is 0.482. The molecule has 1 aromatic carbocycles. The molecule has 0 spiro atoms. The van der Waals surface area contributed by atoms with E-state index in [-0.39, 0.29) is 12.6 Å². The van der Waals surface area contributed by atoms with E-state index in [0.717, 1.165) is 13.0 Å². The van der Waals surface area contributed by atoms with Crippen LogP contribution < -0.4 is 0 Å². The summed E-state index contributed by atoms with van der Waals surface area (Å²) in [6.07, 6.45) is 1.05. The molecule has 1 N–H and O–H groups in total. The minimum absolute atomic E-state index is 0.236. The highest BCUT2D eigenvalue weighted by Crippen LogP contribution is 2.18. The molecule has 0 heterocycles. The van der Waals surface area contributed by atoms with E-state index in [2.05, 4.69) is 58.7 Å². The van der Waals surface area contributed by atoms with Crippen LogP contribution in [0.15, 0.2) is 12.1 Å². The van der Waals surface area contributed by atoms with Crippen LogP contribution in [-0.4, -0.2) is 36.2 Å². The number of hydrogen-bond acceptors (Lipinski definition) is 2. The fourth-order valence-electron chi connectivity index (χ4n) is 2.60. The number of benzene rings is 1. The predicted octanol–water partition coefficient (Wildman–Crippen LogP) is 3.10. The summed E-state index contributed by atoms with van der Waals surface area (Å²) in [7, 11) is 2.11. The third-order valence-corrected chi connectivity index (χ3v) is 4.43. The second-order valence-electron chi connectivity index (χ2n) is 6.02. The number of likely N-dealkylation sites (N-methyl/N-ethyl adjacent to an activating group) is 1. The van der Waals surface area contributed by atoms with Gasteiger partial charge in [-0.25, -0.2) is 0 Å². The van der Waals surface area contributed by atoms with Crippen molar-refractivity contribution in [1.29, 1.82) is 0 Å². The van der Waals surface area contributed by atoms with Gasteiger partial charge in [-0.05, 0) is 62.4 Å². The average molecular weight is 263 g/mol. The van der Waals surface area contributed by atoms with Crippen molar-refractivity contribution < 1.29 is 5.11 Å². The van der Waals surface area contributed by atoms with E-state index in [0.29, 0.717) is 5.92 Å². The van der Waals surface area contributed by atoms with Gasteiger partial charge in [-0.3, -0.25) is 0 Å². The van der Waals surface area contributed by atoms with Crippen LogP contribution in [0.4, 0.5) is 0 Å². The van der Waals surface area contributed by atoms with Gasteiger partial charge in [0, 0.05) is 12.6 Å². The normalized spacial score (nSPS) is 13.3. The Morgan fingerprint density at radius 1 is 1.11 bits per heavy atom. The Bertz CT molecular complexity index is 412. The van der Waals surface area contributed by atoms with E-state index < -0.39 is 0 Å². The lowest BCUT2D eigenvalue weighted by Crippen LogP contribution is -2.40. The predicted molar refractivity (Wildman–Crippen MR) is 82.7 cm³/mol. The quantitative estimate of drug-likeness (QED) is 0.852. The lowest BCUT2D eigenvalue weighted by molar-refractivity contribution is 0.114. The second kappa shape index (κ2) is 7.06. The zero-order valence-corrected chi connectivity index (χ0v) is 13.3. The van der Waals surface area contributed by atoms with E-state index in [1.165, 1.54) is 22.3 Å². The number of rotatable bonds is 6. The Morgan fingerprint density at radius 2 is 1.74 bits per heavy atom. The third kappa shape index (κ3) is 4.05. The first kappa shape index (κ1) is 16.2. The Balaban J connectivity index is 2.69. The van der Waals surface area contributed by atoms with Gasteiger partial charge in [0.05, 0.1) is 6.61 Å². The molecule has 0 aliphatic carbocycles. The Morgan fingerprint density at radius 3 is 2.26 bits per heavy atom. The number of hydrogen-bond donors (Lipinski definition) is 1. The van der Waals surface area contributed by atoms with Crippen molar-refractivity contribution in [2.24, 2.45) is 5.92 Å². The summed E-state index contributed by atoms with van der Waals surface area (Å²) >= 11 is 0. The highest BCUT2D eigenvalue weighted by Gasteiger charge is 2.17. The smallest absolute Gasteiger partial charge is 0.0589 e. The van der Waals surface area contributed by atoms with Crippen molar-refractivity contribution in [2.75, 3.05) is 20.2 Å². The van der Waals surface area contributed by atoms with Crippen LogP contribution in [0.5, 0.6) is 0 Å². The molecule has 0 bridgehead atoms. The fourth-order valence-corrected chi connectivity index (χ4v) is 2.60. The monoisotopic (exact) mass is 263 g/mol. The second-order valence-corrected chi connectivity index (χ2v) is 6.02. The highest BCUT2D eigenvalue weighted by atomic mass is 16.3. The molecule has 0 aromatic heterocycles. The van der Waals surface area contributed by atoms with E-state index in [1.54, 1.807) is 0 Å². The standard InChI is InChI=1S/C17H29NO/c1-12(2)17(11-19)18(6)10-9-16-8-7-13(3)14(4)15(16)5/h7-8,12,17,19H,9-11H2,1-6H3. The van der Waals surface area contributed by atoms with Gasteiger partial charge >= 0.3 is 0 Å². The van der Waals surface area contributed by atoms with Gasteiger partial charge in [-0.1, -0.05) is 26.0 Å². The minimum Gasteiger partial charge on any atom is -0.395 e. The van der Waals surface area contributed by atoms with Crippen LogP contribution in [0, 0.1) is 26.7 Å². The minimum atomic E-state index is 0.236. The van der Waals surface area contributed by atoms with Gasteiger partial charge in [0.1, 0.15) is 0 Å². The molecule has 0 fully saturated rings. The van der Waals surface area contributed by atoms with Crippen molar-refractivity contribution in [2.45, 2.75) is 47.1 Å². The van der Waals surface area contributed by atoms with Crippen molar-refractivity contribution in [3.05, 3.63) is 34.4 Å². The molecule has 2 heteroatoms. The maximum absolute atomic E-state index is 9.46. The third-order valence-electron chi connectivity index (χ3n) is 4.43. The molecule has 1 aromatic rings.